The summed E-state index contributed by atoms with van der Waals surface area (Å²) in [4.78, 5) is 25.8. The van der Waals surface area contributed by atoms with Crippen LogP contribution in [0, 0.1) is 11.8 Å². The predicted molar refractivity (Wildman–Crippen MR) is 86.0 cm³/mol. The Morgan fingerprint density at radius 1 is 1.08 bits per heavy atom. The molecule has 2 aliphatic heterocycles. The average Bonchev–Trinajstić information content (AvgIpc) is 3.37. The summed E-state index contributed by atoms with van der Waals surface area (Å²) in [5.41, 5.74) is 0. The molecule has 0 radical (unpaired) electrons. The average molecular weight is 340 g/mol. The molecule has 3 fully saturated rings. The normalized spacial score (nSPS) is 34.4. The first-order valence-electron chi connectivity index (χ1n) is 9.02. The van der Waals surface area contributed by atoms with Gasteiger partial charge in [-0.25, -0.2) is 0 Å². The van der Waals surface area contributed by atoms with Crippen molar-refractivity contribution in [2.75, 3.05) is 19.6 Å². The number of amides is 2. The molecule has 4 unspecified atom stereocenters. The summed E-state index contributed by atoms with van der Waals surface area (Å²) in [5, 5.41) is 23.0. The molecule has 24 heavy (non-hydrogen) atoms. The van der Waals surface area contributed by atoms with Crippen molar-refractivity contribution in [3.63, 3.8) is 0 Å². The lowest BCUT2D eigenvalue weighted by Gasteiger charge is -2.31. The smallest absolute Gasteiger partial charge is 0.225 e. The molecule has 136 valence electrons. The first-order valence-corrected chi connectivity index (χ1v) is 9.02. The number of aliphatic hydroxyl groups is 2. The van der Waals surface area contributed by atoms with Crippen molar-refractivity contribution in [2.45, 2.75) is 63.4 Å². The largest absolute Gasteiger partial charge is 0.388 e. The van der Waals surface area contributed by atoms with Crippen LogP contribution in [0.3, 0.4) is 0 Å². The number of nitrogens with one attached hydrogen (secondary N) is 1. The third-order valence-electron chi connectivity index (χ3n) is 5.40. The molecule has 2 heterocycles. The standard InChI is InChI=1S/C17H28N2O5/c1-10-4-6-19(7-5-10)14(20)8-12-15(21)16(22)13(24-12)9-18-17(23)11-2-3-11/h10-13,15-16,21-22H,2-9H2,1H3,(H,18,23). The van der Waals surface area contributed by atoms with Crippen molar-refractivity contribution in [3.05, 3.63) is 0 Å². The van der Waals surface area contributed by atoms with E-state index >= 15 is 0 Å². The third kappa shape index (κ3) is 4.07. The minimum Gasteiger partial charge on any atom is -0.388 e. The van der Waals surface area contributed by atoms with Gasteiger partial charge in [0.2, 0.25) is 11.8 Å². The molecule has 1 aliphatic carbocycles. The molecule has 0 bridgehead atoms. The molecule has 0 aromatic heterocycles. The fourth-order valence-corrected chi connectivity index (χ4v) is 3.41. The number of hydrogen-bond donors (Lipinski definition) is 3. The van der Waals surface area contributed by atoms with Crippen molar-refractivity contribution < 1.29 is 24.5 Å². The van der Waals surface area contributed by atoms with E-state index in [-0.39, 0.29) is 30.7 Å². The minimum absolute atomic E-state index is 0.0257. The van der Waals surface area contributed by atoms with Gasteiger partial charge in [-0.3, -0.25) is 9.59 Å². The van der Waals surface area contributed by atoms with Crippen molar-refractivity contribution in [1.29, 1.82) is 0 Å². The van der Waals surface area contributed by atoms with Crippen molar-refractivity contribution in [3.8, 4) is 0 Å². The van der Waals surface area contributed by atoms with E-state index in [1.165, 1.54) is 0 Å². The number of rotatable bonds is 5. The molecule has 2 amide bonds. The topological polar surface area (TPSA) is 99.1 Å². The first kappa shape index (κ1) is 17.6. The first-order chi connectivity index (χ1) is 11.5. The second-order valence-electron chi connectivity index (χ2n) is 7.48. The summed E-state index contributed by atoms with van der Waals surface area (Å²) in [7, 11) is 0. The second kappa shape index (κ2) is 7.37. The lowest BCUT2D eigenvalue weighted by atomic mass is 9.98. The molecule has 3 aliphatic rings. The van der Waals surface area contributed by atoms with Crippen LogP contribution in [0.5, 0.6) is 0 Å². The summed E-state index contributed by atoms with van der Waals surface area (Å²) >= 11 is 0. The Morgan fingerprint density at radius 2 is 1.71 bits per heavy atom. The van der Waals surface area contributed by atoms with E-state index in [2.05, 4.69) is 12.2 Å². The van der Waals surface area contributed by atoms with Crippen LogP contribution in [-0.2, 0) is 14.3 Å². The van der Waals surface area contributed by atoms with Crippen LogP contribution < -0.4 is 5.32 Å². The van der Waals surface area contributed by atoms with Gasteiger partial charge >= 0.3 is 0 Å². The van der Waals surface area contributed by atoms with Gasteiger partial charge < -0.3 is 25.2 Å². The molecule has 1 saturated carbocycles. The molecule has 0 aromatic carbocycles. The summed E-state index contributed by atoms with van der Waals surface area (Å²) in [5.74, 6) is 0.666. The lowest BCUT2D eigenvalue weighted by molar-refractivity contribution is -0.136. The number of hydrogen-bond acceptors (Lipinski definition) is 5. The zero-order valence-electron chi connectivity index (χ0n) is 14.2. The Kier molecular flexibility index (Phi) is 5.42. The van der Waals surface area contributed by atoms with E-state index in [1.54, 1.807) is 0 Å². The molecular weight excluding hydrogens is 312 g/mol. The van der Waals surface area contributed by atoms with Crippen molar-refractivity contribution in [2.24, 2.45) is 11.8 Å². The number of ether oxygens (including phenoxy) is 1. The quantitative estimate of drug-likeness (QED) is 0.635. The van der Waals surface area contributed by atoms with E-state index in [0.717, 1.165) is 38.8 Å². The van der Waals surface area contributed by atoms with E-state index < -0.39 is 24.4 Å². The Morgan fingerprint density at radius 3 is 2.33 bits per heavy atom. The molecule has 0 aromatic rings. The van der Waals surface area contributed by atoms with Gasteiger partial charge in [0.1, 0.15) is 18.3 Å². The van der Waals surface area contributed by atoms with Crippen LogP contribution in [0.2, 0.25) is 0 Å². The van der Waals surface area contributed by atoms with Crippen LogP contribution in [0.25, 0.3) is 0 Å². The van der Waals surface area contributed by atoms with Gasteiger partial charge in [-0.15, -0.1) is 0 Å². The Labute approximate surface area is 142 Å². The Bertz CT molecular complexity index is 474. The van der Waals surface area contributed by atoms with E-state index in [0.29, 0.717) is 5.92 Å². The number of aliphatic hydroxyl groups excluding tert-OH is 2. The van der Waals surface area contributed by atoms with Gasteiger partial charge in [0.05, 0.1) is 12.5 Å². The maximum absolute atomic E-state index is 12.4. The van der Waals surface area contributed by atoms with Crippen molar-refractivity contribution >= 4 is 11.8 Å². The lowest BCUT2D eigenvalue weighted by Crippen LogP contribution is -2.41. The summed E-state index contributed by atoms with van der Waals surface area (Å²) in [6.07, 6.45) is 0.332. The third-order valence-corrected chi connectivity index (χ3v) is 5.40. The van der Waals surface area contributed by atoms with Crippen LogP contribution in [-0.4, -0.2) is 71.0 Å². The minimum atomic E-state index is -1.10. The SMILES string of the molecule is CC1CCN(C(=O)CC2OC(CNC(=O)C3CC3)C(O)C2O)CC1. The second-order valence-corrected chi connectivity index (χ2v) is 7.48. The number of nitrogens with zero attached hydrogens (tertiary/aromatic N) is 1. The van der Waals surface area contributed by atoms with E-state index in [1.807, 2.05) is 4.90 Å². The molecule has 2 saturated heterocycles. The van der Waals surface area contributed by atoms with Gasteiger partial charge in [0, 0.05) is 25.6 Å². The predicted octanol–water partition coefficient (Wildman–Crippen LogP) is -0.350. The van der Waals surface area contributed by atoms with Crippen LogP contribution in [0.1, 0.15) is 39.0 Å². The zero-order chi connectivity index (χ0) is 17.3. The number of likely N-dealkylation sites (tertiary alicyclic amines) is 1. The van der Waals surface area contributed by atoms with Gasteiger partial charge in [-0.1, -0.05) is 6.92 Å². The van der Waals surface area contributed by atoms with Gasteiger partial charge in [0.25, 0.3) is 0 Å². The zero-order valence-corrected chi connectivity index (χ0v) is 14.2. The highest BCUT2D eigenvalue weighted by Crippen LogP contribution is 2.29. The number of carbonyl (C=O) groups is 2. The van der Waals surface area contributed by atoms with Gasteiger partial charge in [-0.2, -0.15) is 0 Å². The maximum Gasteiger partial charge on any atom is 0.225 e. The molecule has 7 heteroatoms. The highest BCUT2D eigenvalue weighted by atomic mass is 16.5. The fourth-order valence-electron chi connectivity index (χ4n) is 3.41. The number of carbonyl (C=O) groups excluding carboxylic acids is 2. The van der Waals surface area contributed by atoms with Crippen LogP contribution in [0.15, 0.2) is 0 Å². The molecule has 3 rings (SSSR count). The molecule has 4 atom stereocenters. The molecule has 3 N–H and O–H groups in total. The Hall–Kier alpha value is -1.18. The molecule has 0 spiro atoms. The summed E-state index contributed by atoms with van der Waals surface area (Å²) in [6, 6.07) is 0. The number of piperidine rings is 1. The molecule has 7 nitrogen and oxygen atoms in total. The van der Waals surface area contributed by atoms with E-state index in [9.17, 15) is 19.8 Å². The Balaban J connectivity index is 1.47. The van der Waals surface area contributed by atoms with Gasteiger partial charge in [-0.05, 0) is 31.6 Å². The van der Waals surface area contributed by atoms with Gasteiger partial charge in [0.15, 0.2) is 0 Å². The van der Waals surface area contributed by atoms with Crippen LogP contribution >= 0.6 is 0 Å². The monoisotopic (exact) mass is 340 g/mol. The highest BCUT2D eigenvalue weighted by Gasteiger charge is 2.44. The maximum atomic E-state index is 12.4. The highest BCUT2D eigenvalue weighted by molar-refractivity contribution is 5.80. The summed E-state index contributed by atoms with van der Waals surface area (Å²) < 4.78 is 5.66. The van der Waals surface area contributed by atoms with Crippen LogP contribution in [0.4, 0.5) is 0 Å². The fraction of sp³-hybridized carbons (Fsp3) is 0.882. The van der Waals surface area contributed by atoms with E-state index in [4.69, 9.17) is 4.74 Å². The van der Waals surface area contributed by atoms with Crippen molar-refractivity contribution in [1.82, 2.24) is 10.2 Å². The molecular formula is C17H28N2O5. The summed E-state index contributed by atoms with van der Waals surface area (Å²) in [6.45, 7) is 3.83.